The lowest BCUT2D eigenvalue weighted by Crippen LogP contribution is -2.11. The molecule has 0 aliphatic rings. The summed E-state index contributed by atoms with van der Waals surface area (Å²) < 4.78 is 10.6. The van der Waals surface area contributed by atoms with Crippen molar-refractivity contribution in [3.8, 4) is 5.75 Å². The molecule has 1 atom stereocenters. The summed E-state index contributed by atoms with van der Waals surface area (Å²) in [6.07, 6.45) is 0. The summed E-state index contributed by atoms with van der Waals surface area (Å²) >= 11 is 0. The maximum absolute atomic E-state index is 11.5. The number of hydrogen-bond donors (Lipinski definition) is 1. The average Bonchev–Trinajstić information content (AvgIpc) is 2.72. The minimum absolute atomic E-state index is 0. The molecule has 5 heteroatoms. The largest absolute Gasteiger partial charge is 0.489 e. The Morgan fingerprint density at radius 3 is 2.26 bits per heavy atom. The van der Waals surface area contributed by atoms with Crippen molar-refractivity contribution in [3.63, 3.8) is 0 Å². The highest BCUT2D eigenvalue weighted by molar-refractivity contribution is 5.89. The molecule has 4 nitrogen and oxygen atoms in total. The minimum Gasteiger partial charge on any atom is -0.489 e. The fourth-order valence-electron chi connectivity index (χ4n) is 2.67. The first-order valence-electron chi connectivity index (χ1n) is 8.38. The zero-order chi connectivity index (χ0) is 18.4. The van der Waals surface area contributed by atoms with E-state index in [-0.39, 0.29) is 24.4 Å². The molecule has 0 amide bonds. The van der Waals surface area contributed by atoms with Crippen molar-refractivity contribution in [2.24, 2.45) is 5.73 Å². The van der Waals surface area contributed by atoms with Crippen LogP contribution in [0.4, 0.5) is 0 Å². The van der Waals surface area contributed by atoms with Gasteiger partial charge in [0.05, 0.1) is 18.7 Å². The highest BCUT2D eigenvalue weighted by atomic mass is 35.5. The van der Waals surface area contributed by atoms with Gasteiger partial charge in [-0.25, -0.2) is 4.79 Å². The third-order valence-corrected chi connectivity index (χ3v) is 4.16. The summed E-state index contributed by atoms with van der Waals surface area (Å²) in [6, 6.07) is 24.7. The van der Waals surface area contributed by atoms with E-state index in [0.29, 0.717) is 12.2 Å². The Kier molecular flexibility index (Phi) is 7.41. The minimum atomic E-state index is -0.347. The summed E-state index contributed by atoms with van der Waals surface area (Å²) in [7, 11) is 1.37. The molecule has 0 aliphatic heterocycles. The monoisotopic (exact) mass is 383 g/mol. The van der Waals surface area contributed by atoms with Crippen LogP contribution in [-0.2, 0) is 11.3 Å². The number of hydrogen-bond acceptors (Lipinski definition) is 4. The van der Waals surface area contributed by atoms with Crippen LogP contribution in [0.15, 0.2) is 78.9 Å². The topological polar surface area (TPSA) is 61.5 Å². The normalized spacial score (nSPS) is 11.2. The Bertz CT molecular complexity index is 866. The molecule has 3 aromatic rings. The molecule has 0 aromatic heterocycles. The molecule has 0 saturated carbocycles. The predicted molar refractivity (Wildman–Crippen MR) is 108 cm³/mol. The van der Waals surface area contributed by atoms with Gasteiger partial charge in [-0.1, -0.05) is 54.6 Å². The number of ether oxygens (including phenoxy) is 2. The highest BCUT2D eigenvalue weighted by Gasteiger charge is 2.09. The van der Waals surface area contributed by atoms with E-state index in [0.717, 1.165) is 22.4 Å². The third-order valence-electron chi connectivity index (χ3n) is 4.16. The molecule has 0 unspecified atom stereocenters. The number of esters is 1. The molecule has 0 fully saturated rings. The number of halogens is 1. The standard InChI is InChI=1S/C22H21NO3.ClH/c1-25-22(24)18-12-10-16(11-13-18)15-26-20-9-5-8-19(14-20)21(23)17-6-3-2-4-7-17;/h2-14,21H,15,23H2,1H3;1H/t21-;/m0./s1. The summed E-state index contributed by atoms with van der Waals surface area (Å²) in [5.41, 5.74) is 9.89. The predicted octanol–water partition coefficient (Wildman–Crippen LogP) is 4.52. The molecule has 0 spiro atoms. The van der Waals surface area contributed by atoms with Crippen LogP contribution in [-0.4, -0.2) is 13.1 Å². The molecule has 0 aliphatic carbocycles. The number of rotatable bonds is 6. The van der Waals surface area contributed by atoms with Crippen molar-refractivity contribution in [1.29, 1.82) is 0 Å². The second-order valence-electron chi connectivity index (χ2n) is 5.94. The van der Waals surface area contributed by atoms with Gasteiger partial charge in [-0.2, -0.15) is 0 Å². The molecule has 2 N–H and O–H groups in total. The zero-order valence-corrected chi connectivity index (χ0v) is 15.8. The van der Waals surface area contributed by atoms with Crippen molar-refractivity contribution < 1.29 is 14.3 Å². The van der Waals surface area contributed by atoms with Crippen LogP contribution >= 0.6 is 12.4 Å². The van der Waals surface area contributed by atoms with Crippen LogP contribution < -0.4 is 10.5 Å². The number of benzene rings is 3. The first kappa shape index (κ1) is 20.5. The van der Waals surface area contributed by atoms with Crippen LogP contribution in [0, 0.1) is 0 Å². The van der Waals surface area contributed by atoms with Crippen LogP contribution in [0.5, 0.6) is 5.75 Å². The lowest BCUT2D eigenvalue weighted by atomic mass is 10.00. The van der Waals surface area contributed by atoms with Crippen molar-refractivity contribution >= 4 is 18.4 Å². The van der Waals surface area contributed by atoms with Gasteiger partial charge in [0.2, 0.25) is 0 Å². The molecule has 0 bridgehead atoms. The third kappa shape index (κ3) is 5.33. The fourth-order valence-corrected chi connectivity index (χ4v) is 2.67. The Hall–Kier alpha value is -2.82. The van der Waals surface area contributed by atoms with Gasteiger partial charge in [0.1, 0.15) is 12.4 Å². The Morgan fingerprint density at radius 1 is 0.926 bits per heavy atom. The van der Waals surface area contributed by atoms with Crippen LogP contribution in [0.1, 0.15) is 33.1 Å². The first-order chi connectivity index (χ1) is 12.7. The quantitative estimate of drug-likeness (QED) is 0.635. The van der Waals surface area contributed by atoms with Gasteiger partial charge in [-0.15, -0.1) is 12.4 Å². The van der Waals surface area contributed by atoms with E-state index in [1.54, 1.807) is 12.1 Å². The molecule has 0 radical (unpaired) electrons. The van der Waals surface area contributed by atoms with Gasteiger partial charge in [0, 0.05) is 0 Å². The molecular weight excluding hydrogens is 362 g/mol. The van der Waals surface area contributed by atoms with E-state index in [2.05, 4.69) is 0 Å². The fraction of sp³-hybridized carbons (Fsp3) is 0.136. The molecule has 3 rings (SSSR count). The van der Waals surface area contributed by atoms with Crippen LogP contribution in [0.3, 0.4) is 0 Å². The van der Waals surface area contributed by atoms with Crippen molar-refractivity contribution in [2.45, 2.75) is 12.6 Å². The van der Waals surface area contributed by atoms with Gasteiger partial charge < -0.3 is 15.2 Å². The van der Waals surface area contributed by atoms with Gasteiger partial charge in [-0.3, -0.25) is 0 Å². The first-order valence-corrected chi connectivity index (χ1v) is 8.38. The molecule has 0 heterocycles. The van der Waals surface area contributed by atoms with Gasteiger partial charge >= 0.3 is 5.97 Å². The van der Waals surface area contributed by atoms with Gasteiger partial charge in [0.25, 0.3) is 0 Å². The van der Waals surface area contributed by atoms with E-state index in [4.69, 9.17) is 15.2 Å². The Labute approximate surface area is 165 Å². The molecular formula is C22H22ClNO3. The summed E-state index contributed by atoms with van der Waals surface area (Å²) in [6.45, 7) is 0.408. The van der Waals surface area contributed by atoms with Gasteiger partial charge in [-0.05, 0) is 41.0 Å². The van der Waals surface area contributed by atoms with Gasteiger partial charge in [0.15, 0.2) is 0 Å². The summed E-state index contributed by atoms with van der Waals surface area (Å²) in [5.74, 6) is 0.408. The smallest absolute Gasteiger partial charge is 0.337 e. The van der Waals surface area contributed by atoms with E-state index in [1.807, 2.05) is 66.7 Å². The Morgan fingerprint density at radius 2 is 1.59 bits per heavy atom. The number of carbonyl (C=O) groups excluding carboxylic acids is 1. The summed E-state index contributed by atoms with van der Waals surface area (Å²) in [5, 5.41) is 0. The average molecular weight is 384 g/mol. The van der Waals surface area contributed by atoms with E-state index >= 15 is 0 Å². The molecule has 27 heavy (non-hydrogen) atoms. The molecule has 0 saturated heterocycles. The highest BCUT2D eigenvalue weighted by Crippen LogP contribution is 2.23. The van der Waals surface area contributed by atoms with E-state index in [9.17, 15) is 4.79 Å². The maximum atomic E-state index is 11.5. The molecule has 3 aromatic carbocycles. The van der Waals surface area contributed by atoms with Crippen molar-refractivity contribution in [3.05, 3.63) is 101 Å². The Balaban J connectivity index is 0.00000261. The van der Waals surface area contributed by atoms with Crippen LogP contribution in [0.2, 0.25) is 0 Å². The van der Waals surface area contributed by atoms with E-state index in [1.165, 1.54) is 7.11 Å². The second kappa shape index (κ2) is 9.76. The number of carbonyl (C=O) groups is 1. The van der Waals surface area contributed by atoms with Crippen molar-refractivity contribution in [2.75, 3.05) is 7.11 Å². The SMILES string of the molecule is COC(=O)c1ccc(COc2cccc([C@@H](N)c3ccccc3)c2)cc1.Cl. The maximum Gasteiger partial charge on any atom is 0.337 e. The number of nitrogens with two attached hydrogens (primary N) is 1. The zero-order valence-electron chi connectivity index (χ0n) is 15.0. The second-order valence-corrected chi connectivity index (χ2v) is 5.94. The van der Waals surface area contributed by atoms with Crippen molar-refractivity contribution in [1.82, 2.24) is 0 Å². The van der Waals surface area contributed by atoms with E-state index < -0.39 is 0 Å². The lowest BCUT2D eigenvalue weighted by molar-refractivity contribution is 0.0600. The summed E-state index contributed by atoms with van der Waals surface area (Å²) in [4.78, 5) is 11.5. The van der Waals surface area contributed by atoms with Crippen LogP contribution in [0.25, 0.3) is 0 Å². The molecule has 140 valence electrons. The number of methoxy groups -OCH3 is 1. The lowest BCUT2D eigenvalue weighted by Gasteiger charge is -2.14.